The maximum Gasteiger partial charge on any atom is 0.328 e. The first-order chi connectivity index (χ1) is 7.63. The first-order valence-electron chi connectivity index (χ1n) is 5.09. The van der Waals surface area contributed by atoms with Crippen molar-refractivity contribution in [3.8, 4) is 0 Å². The lowest BCUT2D eigenvalue weighted by atomic mass is 10.3. The van der Waals surface area contributed by atoms with E-state index in [2.05, 4.69) is 5.32 Å². The fourth-order valence-corrected chi connectivity index (χ4v) is 1.62. The Morgan fingerprint density at radius 1 is 1.44 bits per heavy atom. The fourth-order valence-electron chi connectivity index (χ4n) is 1.62. The third-order valence-electron chi connectivity index (χ3n) is 2.58. The maximum absolute atomic E-state index is 11.6. The van der Waals surface area contributed by atoms with Crippen LogP contribution in [0.25, 0.3) is 6.08 Å². The third kappa shape index (κ3) is 1.60. The summed E-state index contributed by atoms with van der Waals surface area (Å²) in [5.41, 5.74) is 1.22. The molecule has 5 heteroatoms. The highest BCUT2D eigenvalue weighted by Gasteiger charge is 2.30. The predicted octanol–water partition coefficient (Wildman–Crippen LogP) is 1.03. The summed E-state index contributed by atoms with van der Waals surface area (Å²) in [4.78, 5) is 23.9. The van der Waals surface area contributed by atoms with E-state index in [4.69, 9.17) is 0 Å². The van der Waals surface area contributed by atoms with Gasteiger partial charge in [-0.1, -0.05) is 0 Å². The number of urea groups is 1. The molecule has 5 nitrogen and oxygen atoms in total. The second kappa shape index (κ2) is 3.84. The molecule has 1 aliphatic rings. The molecule has 0 aromatic carbocycles. The zero-order valence-corrected chi connectivity index (χ0v) is 9.23. The van der Waals surface area contributed by atoms with E-state index in [0.717, 1.165) is 17.1 Å². The van der Waals surface area contributed by atoms with Crippen molar-refractivity contribution < 1.29 is 9.59 Å². The molecule has 1 aliphatic heterocycles. The number of aryl methyl sites for hydroxylation is 1. The van der Waals surface area contributed by atoms with Crippen LogP contribution in [0.5, 0.6) is 0 Å². The summed E-state index contributed by atoms with van der Waals surface area (Å²) in [5.74, 6) is -0.297. The Labute approximate surface area is 93.3 Å². The Kier molecular flexibility index (Phi) is 2.52. The number of hydrogen-bond acceptors (Lipinski definition) is 2. The van der Waals surface area contributed by atoms with Gasteiger partial charge in [0.2, 0.25) is 0 Å². The highest BCUT2D eigenvalue weighted by atomic mass is 16.2. The van der Waals surface area contributed by atoms with Gasteiger partial charge in [0, 0.05) is 25.5 Å². The molecule has 0 atom stereocenters. The van der Waals surface area contributed by atoms with Crippen molar-refractivity contribution >= 4 is 18.0 Å². The standard InChI is InChI=1S/C11H13N3O2/c1-3-14-6-4-5-8(14)7-9-10(15)13(2)11(16)12-9/h4-7H,3H2,1-2H3,(H,12,16)/b9-7+. The average Bonchev–Trinajstić information content (AvgIpc) is 2.81. The monoisotopic (exact) mass is 219 g/mol. The minimum absolute atomic E-state index is 0.297. The smallest absolute Gasteiger partial charge is 0.328 e. The van der Waals surface area contributed by atoms with E-state index in [9.17, 15) is 9.59 Å². The molecule has 0 aliphatic carbocycles. The van der Waals surface area contributed by atoms with Crippen LogP contribution in [-0.4, -0.2) is 28.5 Å². The Morgan fingerprint density at radius 3 is 2.75 bits per heavy atom. The van der Waals surface area contributed by atoms with Gasteiger partial charge < -0.3 is 9.88 Å². The van der Waals surface area contributed by atoms with Crippen LogP contribution < -0.4 is 5.32 Å². The van der Waals surface area contributed by atoms with Gasteiger partial charge in [-0.05, 0) is 25.1 Å². The minimum atomic E-state index is -0.383. The van der Waals surface area contributed by atoms with Crippen LogP contribution in [0.4, 0.5) is 4.79 Å². The second-order valence-corrected chi connectivity index (χ2v) is 3.57. The summed E-state index contributed by atoms with van der Waals surface area (Å²) in [6.45, 7) is 2.84. The van der Waals surface area contributed by atoms with Crippen LogP contribution in [-0.2, 0) is 11.3 Å². The van der Waals surface area contributed by atoms with Crippen LogP contribution in [0.2, 0.25) is 0 Å². The van der Waals surface area contributed by atoms with Crippen LogP contribution >= 0.6 is 0 Å². The van der Waals surface area contributed by atoms with Crippen molar-refractivity contribution in [1.82, 2.24) is 14.8 Å². The number of likely N-dealkylation sites (N-methyl/N-ethyl adjacent to an activating group) is 1. The van der Waals surface area contributed by atoms with Crippen molar-refractivity contribution in [2.45, 2.75) is 13.5 Å². The number of carbonyl (C=O) groups is 2. The molecule has 1 aromatic heterocycles. The number of hydrogen-bond donors (Lipinski definition) is 1. The van der Waals surface area contributed by atoms with Crippen molar-refractivity contribution in [1.29, 1.82) is 0 Å². The molecule has 1 N–H and O–H groups in total. The van der Waals surface area contributed by atoms with Gasteiger partial charge in [-0.2, -0.15) is 0 Å². The number of rotatable bonds is 2. The van der Waals surface area contributed by atoms with E-state index in [1.165, 1.54) is 7.05 Å². The van der Waals surface area contributed by atoms with Gasteiger partial charge in [-0.25, -0.2) is 4.79 Å². The lowest BCUT2D eigenvalue weighted by Gasteiger charge is -2.02. The maximum atomic E-state index is 11.6. The molecule has 0 bridgehead atoms. The largest absolute Gasteiger partial charge is 0.348 e. The van der Waals surface area contributed by atoms with E-state index in [-0.39, 0.29) is 11.9 Å². The van der Waals surface area contributed by atoms with Gasteiger partial charge in [0.1, 0.15) is 5.70 Å². The molecule has 1 fully saturated rings. The normalized spacial score (nSPS) is 18.4. The van der Waals surface area contributed by atoms with Crippen LogP contribution in [0.1, 0.15) is 12.6 Å². The highest BCUT2D eigenvalue weighted by molar-refractivity contribution is 6.13. The van der Waals surface area contributed by atoms with Crippen LogP contribution in [0, 0.1) is 0 Å². The first-order valence-corrected chi connectivity index (χ1v) is 5.09. The number of nitrogens with zero attached hydrogens (tertiary/aromatic N) is 2. The van der Waals surface area contributed by atoms with Gasteiger partial charge in [0.05, 0.1) is 0 Å². The summed E-state index contributed by atoms with van der Waals surface area (Å²) < 4.78 is 1.99. The SMILES string of the molecule is CCn1cccc1/C=C1/NC(=O)N(C)C1=O. The first kappa shape index (κ1) is 10.5. The lowest BCUT2D eigenvalue weighted by molar-refractivity contribution is -0.121. The molecule has 1 aromatic rings. The number of amides is 3. The van der Waals surface area contributed by atoms with Crippen LogP contribution in [0.15, 0.2) is 24.0 Å². The molecule has 2 heterocycles. The molecule has 0 spiro atoms. The number of carbonyl (C=O) groups excluding carboxylic acids is 2. The molecule has 0 radical (unpaired) electrons. The van der Waals surface area contributed by atoms with E-state index in [0.29, 0.717) is 5.70 Å². The van der Waals surface area contributed by atoms with Gasteiger partial charge in [-0.3, -0.25) is 9.69 Å². The number of nitrogens with one attached hydrogen (secondary N) is 1. The van der Waals surface area contributed by atoms with Gasteiger partial charge in [-0.15, -0.1) is 0 Å². The molecule has 84 valence electrons. The number of aromatic nitrogens is 1. The van der Waals surface area contributed by atoms with Crippen molar-refractivity contribution in [2.24, 2.45) is 0 Å². The summed E-state index contributed by atoms with van der Waals surface area (Å²) in [5, 5.41) is 2.53. The summed E-state index contributed by atoms with van der Waals surface area (Å²) in [6, 6.07) is 3.42. The van der Waals surface area contributed by atoms with E-state index in [1.54, 1.807) is 6.08 Å². The van der Waals surface area contributed by atoms with E-state index < -0.39 is 0 Å². The molecule has 0 saturated carbocycles. The molecule has 3 amide bonds. The predicted molar refractivity (Wildman–Crippen MR) is 59.4 cm³/mol. The summed E-state index contributed by atoms with van der Waals surface area (Å²) >= 11 is 0. The Balaban J connectivity index is 2.32. The van der Waals surface area contributed by atoms with E-state index >= 15 is 0 Å². The minimum Gasteiger partial charge on any atom is -0.348 e. The molecule has 16 heavy (non-hydrogen) atoms. The zero-order valence-electron chi connectivity index (χ0n) is 9.23. The average molecular weight is 219 g/mol. The summed E-state index contributed by atoms with van der Waals surface area (Å²) in [7, 11) is 1.46. The molecule has 1 saturated heterocycles. The highest BCUT2D eigenvalue weighted by Crippen LogP contribution is 2.13. The van der Waals surface area contributed by atoms with Crippen molar-refractivity contribution in [2.75, 3.05) is 7.05 Å². The zero-order chi connectivity index (χ0) is 11.7. The Morgan fingerprint density at radius 2 is 2.19 bits per heavy atom. The molecular weight excluding hydrogens is 206 g/mol. The molecular formula is C11H13N3O2. The molecule has 0 unspecified atom stereocenters. The van der Waals surface area contributed by atoms with Gasteiger partial charge in [0.25, 0.3) is 5.91 Å². The van der Waals surface area contributed by atoms with Crippen molar-refractivity contribution in [3.63, 3.8) is 0 Å². The Bertz CT molecular complexity index is 473. The fraction of sp³-hybridized carbons (Fsp3) is 0.273. The van der Waals surface area contributed by atoms with Gasteiger partial charge in [0.15, 0.2) is 0 Å². The number of imide groups is 1. The summed E-state index contributed by atoms with van der Waals surface area (Å²) in [6.07, 6.45) is 3.62. The second-order valence-electron chi connectivity index (χ2n) is 3.57. The third-order valence-corrected chi connectivity index (χ3v) is 2.58. The quantitative estimate of drug-likeness (QED) is 0.596. The van der Waals surface area contributed by atoms with Gasteiger partial charge >= 0.3 is 6.03 Å². The lowest BCUT2D eigenvalue weighted by Crippen LogP contribution is -2.25. The van der Waals surface area contributed by atoms with Crippen LogP contribution in [0.3, 0.4) is 0 Å². The molecule has 2 rings (SSSR count). The van der Waals surface area contributed by atoms with Crippen molar-refractivity contribution in [3.05, 3.63) is 29.7 Å². The van der Waals surface area contributed by atoms with E-state index in [1.807, 2.05) is 29.8 Å². The Hall–Kier alpha value is -2.04. The topological polar surface area (TPSA) is 54.3 Å².